The highest BCUT2D eigenvalue weighted by molar-refractivity contribution is 7.96. The quantitative estimate of drug-likeness (QED) is 0.323. The van der Waals surface area contributed by atoms with E-state index in [1.54, 1.807) is 0 Å². The van der Waals surface area contributed by atoms with Crippen LogP contribution in [0.1, 0.15) is 36.5 Å². The molecule has 0 saturated carbocycles. The van der Waals surface area contributed by atoms with E-state index in [-0.39, 0.29) is 16.1 Å². The summed E-state index contributed by atoms with van der Waals surface area (Å²) in [5.74, 6) is 0.322. The Morgan fingerprint density at radius 2 is 1.62 bits per heavy atom. The summed E-state index contributed by atoms with van der Waals surface area (Å²) in [7, 11) is -5.83. The molecule has 0 aliphatic heterocycles. The van der Waals surface area contributed by atoms with Crippen molar-refractivity contribution in [3.05, 3.63) is 35.9 Å². The zero-order valence-electron chi connectivity index (χ0n) is 12.5. The average molecular weight is 324 g/mol. The van der Waals surface area contributed by atoms with Gasteiger partial charge in [-0.3, -0.25) is 4.79 Å². The van der Waals surface area contributed by atoms with Crippen LogP contribution in [0.25, 0.3) is 0 Å². The van der Waals surface area contributed by atoms with E-state index in [4.69, 9.17) is 0 Å². The van der Waals surface area contributed by atoms with Crippen molar-refractivity contribution in [1.82, 2.24) is 0 Å². The molecule has 0 heterocycles. The summed E-state index contributed by atoms with van der Waals surface area (Å²) in [6.07, 6.45) is 7.67. The van der Waals surface area contributed by atoms with Crippen molar-refractivity contribution in [2.75, 3.05) is 12.5 Å². The topological polar surface area (TPSA) is 17.1 Å². The first-order valence-electron chi connectivity index (χ1n) is 6.69. The predicted molar refractivity (Wildman–Crippen MR) is 83.5 cm³/mol. The van der Waals surface area contributed by atoms with Crippen LogP contribution < -0.4 is 0 Å². The maximum absolute atomic E-state index is 12.3. The van der Waals surface area contributed by atoms with E-state index in [0.717, 1.165) is 24.8 Å². The third kappa shape index (κ3) is 10.4. The van der Waals surface area contributed by atoms with Gasteiger partial charge in [-0.05, 0) is 17.3 Å². The van der Waals surface area contributed by atoms with Crippen molar-refractivity contribution >= 4 is 23.9 Å². The summed E-state index contributed by atoms with van der Waals surface area (Å²) in [5.41, 5.74) is 0.866. The van der Waals surface area contributed by atoms with E-state index in [1.807, 2.05) is 30.3 Å². The van der Waals surface area contributed by atoms with Crippen molar-refractivity contribution in [3.63, 3.8) is 0 Å². The summed E-state index contributed by atoms with van der Waals surface area (Å²) < 4.78 is 39.0. The lowest BCUT2D eigenvalue weighted by atomic mass is 10.0. The number of carbonyl (C=O) groups excluding carboxylic acids is 1. The highest BCUT2D eigenvalue weighted by Crippen LogP contribution is 2.16. The minimum absolute atomic E-state index is 0.165. The van der Waals surface area contributed by atoms with Gasteiger partial charge < -0.3 is 17.3 Å². The predicted octanol–water partition coefficient (Wildman–Crippen LogP) is 4.61. The molecule has 0 amide bonds. The Morgan fingerprint density at radius 3 is 2.00 bits per heavy atom. The van der Waals surface area contributed by atoms with Crippen LogP contribution in [-0.4, -0.2) is 30.8 Å². The first-order valence-corrected chi connectivity index (χ1v) is 8.80. The lowest BCUT2D eigenvalue weighted by Gasteiger charge is -2.12. The Kier molecular flexibility index (Phi) is 9.41. The molecule has 21 heavy (non-hydrogen) atoms. The molecule has 1 aromatic rings. The average Bonchev–Trinajstić information content (AvgIpc) is 2.37. The summed E-state index contributed by atoms with van der Waals surface area (Å²) in [6.45, 7) is 2.17. The third-order valence-corrected chi connectivity index (χ3v) is 4.33. The molecule has 1 nitrogen and oxygen atoms in total. The number of ketones is 1. The molecule has 0 aromatic heterocycles. The molecule has 0 N–H and O–H groups in total. The van der Waals surface area contributed by atoms with E-state index in [2.05, 4.69) is 19.4 Å². The van der Waals surface area contributed by atoms with Gasteiger partial charge >= 0.3 is 7.25 Å². The third-order valence-electron chi connectivity index (χ3n) is 2.74. The molecule has 0 spiro atoms. The second-order valence-electron chi connectivity index (χ2n) is 4.74. The van der Waals surface area contributed by atoms with E-state index >= 15 is 0 Å². The van der Waals surface area contributed by atoms with Crippen LogP contribution in [-0.2, 0) is 10.9 Å². The fourth-order valence-electron chi connectivity index (χ4n) is 1.76. The van der Waals surface area contributed by atoms with Crippen molar-refractivity contribution in [1.29, 1.82) is 0 Å². The molecular formula is C14H21BF4OS. The van der Waals surface area contributed by atoms with Crippen molar-refractivity contribution in [2.45, 2.75) is 31.4 Å². The van der Waals surface area contributed by atoms with Gasteiger partial charge in [0.15, 0.2) is 5.25 Å². The molecule has 1 aromatic carbocycles. The van der Waals surface area contributed by atoms with Crippen molar-refractivity contribution < 1.29 is 22.1 Å². The molecule has 0 fully saturated rings. The Bertz CT molecular complexity index is 403. The Labute approximate surface area is 126 Å². The zero-order valence-corrected chi connectivity index (χ0v) is 13.3. The normalized spacial score (nSPS) is 12.6. The van der Waals surface area contributed by atoms with Crippen LogP contribution in [0.15, 0.2) is 30.3 Å². The number of hydrogen-bond donors (Lipinski definition) is 0. The number of hydrogen-bond acceptors (Lipinski definition) is 1. The molecule has 7 heteroatoms. The number of carbonyl (C=O) groups is 1. The summed E-state index contributed by atoms with van der Waals surface area (Å²) in [5, 5.41) is 0.211. The fraction of sp³-hybridized carbons (Fsp3) is 0.500. The Morgan fingerprint density at radius 1 is 1.14 bits per heavy atom. The maximum atomic E-state index is 12.3. The van der Waals surface area contributed by atoms with Crippen LogP contribution in [0.3, 0.4) is 0 Å². The smallest absolute Gasteiger partial charge is 0.418 e. The van der Waals surface area contributed by atoms with E-state index in [9.17, 15) is 22.1 Å². The maximum Gasteiger partial charge on any atom is 0.673 e. The second-order valence-corrected chi connectivity index (χ2v) is 7.06. The van der Waals surface area contributed by atoms with E-state index in [1.165, 1.54) is 0 Å². The SMILES string of the molecule is CCCCC(C(=O)c1ccccc1)[S+](C)C.F[B-](F)(F)F. The number of Topliss-reactive ketones (excluding diaryl/α,β-unsaturated/α-hetero) is 1. The van der Waals surface area contributed by atoms with Gasteiger partial charge in [0.25, 0.3) is 0 Å². The van der Waals surface area contributed by atoms with Gasteiger partial charge in [0.1, 0.15) is 0 Å². The molecule has 1 atom stereocenters. The minimum atomic E-state index is -6.00. The number of benzene rings is 1. The molecule has 1 rings (SSSR count). The van der Waals surface area contributed by atoms with Gasteiger partial charge in [0.05, 0.1) is 12.5 Å². The molecule has 0 aliphatic rings. The van der Waals surface area contributed by atoms with E-state index in [0.29, 0.717) is 5.78 Å². The van der Waals surface area contributed by atoms with Gasteiger partial charge in [-0.2, -0.15) is 0 Å². The molecule has 0 saturated heterocycles. The first-order chi connectivity index (χ1) is 9.66. The molecule has 0 aliphatic carbocycles. The summed E-state index contributed by atoms with van der Waals surface area (Å²) in [4.78, 5) is 12.3. The van der Waals surface area contributed by atoms with Gasteiger partial charge in [-0.15, -0.1) is 0 Å². The van der Waals surface area contributed by atoms with Crippen LogP contribution >= 0.6 is 0 Å². The highest BCUT2D eigenvalue weighted by atomic mass is 32.2. The van der Waals surface area contributed by atoms with Gasteiger partial charge in [-0.25, -0.2) is 0 Å². The number of unbranched alkanes of at least 4 members (excludes halogenated alkanes) is 1. The molecule has 0 bridgehead atoms. The van der Waals surface area contributed by atoms with Crippen molar-refractivity contribution in [3.8, 4) is 0 Å². The molecular weight excluding hydrogens is 303 g/mol. The lowest BCUT2D eigenvalue weighted by molar-refractivity contribution is 0.0985. The minimum Gasteiger partial charge on any atom is -0.418 e. The number of rotatable bonds is 6. The lowest BCUT2D eigenvalue weighted by Crippen LogP contribution is -2.29. The van der Waals surface area contributed by atoms with Crippen LogP contribution in [0.4, 0.5) is 17.3 Å². The van der Waals surface area contributed by atoms with Gasteiger partial charge in [0.2, 0.25) is 5.78 Å². The molecule has 120 valence electrons. The summed E-state index contributed by atoms with van der Waals surface area (Å²) in [6, 6.07) is 9.68. The monoisotopic (exact) mass is 324 g/mol. The van der Waals surface area contributed by atoms with Crippen LogP contribution in [0.5, 0.6) is 0 Å². The molecule has 0 radical (unpaired) electrons. The largest absolute Gasteiger partial charge is 0.673 e. The first kappa shape index (κ1) is 20.0. The molecule has 1 unspecified atom stereocenters. The fourth-order valence-corrected chi connectivity index (χ4v) is 2.96. The van der Waals surface area contributed by atoms with Crippen LogP contribution in [0.2, 0.25) is 0 Å². The zero-order chi connectivity index (χ0) is 16.5. The Hall–Kier alpha value is -0.975. The Balaban J connectivity index is 0.000000690. The van der Waals surface area contributed by atoms with Gasteiger partial charge in [-0.1, -0.05) is 43.7 Å². The van der Waals surface area contributed by atoms with E-state index < -0.39 is 7.25 Å². The standard InChI is InChI=1S/C14H21OS.BF4/c1-4-5-11-13(16(2)3)14(15)12-9-7-6-8-10-12;2-1(3,4)5/h6-10,13H,4-5,11H2,1-3H3;/q+1;-1. The second kappa shape index (κ2) is 9.87. The highest BCUT2D eigenvalue weighted by Gasteiger charge is 2.29. The summed E-state index contributed by atoms with van der Waals surface area (Å²) >= 11 is 0. The van der Waals surface area contributed by atoms with Crippen molar-refractivity contribution in [2.24, 2.45) is 0 Å². The number of halogens is 4. The van der Waals surface area contributed by atoms with Crippen LogP contribution in [0, 0.1) is 0 Å². The van der Waals surface area contributed by atoms with Gasteiger partial charge in [0, 0.05) is 12.0 Å².